The van der Waals surface area contributed by atoms with Gasteiger partial charge in [-0.25, -0.2) is 9.55 Å². The number of hydrogen-bond donors (Lipinski definition) is 0. The first kappa shape index (κ1) is 10.4. The maximum absolute atomic E-state index is 8.29. The summed E-state index contributed by atoms with van der Waals surface area (Å²) in [4.78, 5) is 4.30. The second-order valence-electron chi connectivity index (χ2n) is 6.94. The van der Waals surface area contributed by atoms with Crippen LogP contribution in [0.4, 0.5) is 0 Å². The molecule has 5 rings (SSSR count). The molecule has 28 heavy (non-hydrogen) atoms. The Labute approximate surface area is 175 Å². The fourth-order valence-electron chi connectivity index (χ4n) is 3.96. The number of benzene rings is 2. The Kier molecular flexibility index (Phi) is 2.28. The topological polar surface area (TPSA) is 29.9 Å². The summed E-state index contributed by atoms with van der Waals surface area (Å²) in [5.74, 6) is 0. The van der Waals surface area contributed by atoms with E-state index in [-0.39, 0.29) is 17.0 Å². The van der Waals surface area contributed by atoms with Crippen LogP contribution in [0.15, 0.2) is 59.1 Å². The summed E-state index contributed by atoms with van der Waals surface area (Å²) in [5, 5.41) is 3.05. The van der Waals surface area contributed by atoms with Crippen molar-refractivity contribution in [2.24, 2.45) is 7.05 Å². The van der Waals surface area contributed by atoms with Crippen LogP contribution < -0.4 is 4.57 Å². The molecular weight excluding hydrogens is 344 g/mol. The lowest BCUT2D eigenvalue weighted by Crippen LogP contribution is -2.30. The lowest BCUT2D eigenvalue weighted by molar-refractivity contribution is -0.660. The van der Waals surface area contributed by atoms with Gasteiger partial charge < -0.3 is 4.42 Å². The van der Waals surface area contributed by atoms with Gasteiger partial charge in [0.25, 0.3) is 0 Å². The number of hydrogen-bond acceptors (Lipinski definition) is 2. The molecule has 3 heterocycles. The molecule has 0 aliphatic heterocycles. The van der Waals surface area contributed by atoms with Crippen molar-refractivity contribution in [3.63, 3.8) is 0 Å². The SMILES string of the molecule is [2H]C([2H])([2H])c1ccc2c(n1)oc1c3ccccc3c(C)c(-c3cc(C([2H])([2H])C([2H])([2H])[2H])cc[n+]3C)c21. The van der Waals surface area contributed by atoms with Gasteiger partial charge in [-0.15, -0.1) is 0 Å². The third kappa shape index (κ3) is 2.36. The first-order valence-electron chi connectivity index (χ1n) is 13.0. The monoisotopic (exact) mass is 375 g/mol. The van der Waals surface area contributed by atoms with Crippen LogP contribution in [0, 0.1) is 13.8 Å². The van der Waals surface area contributed by atoms with Crippen molar-refractivity contribution in [1.82, 2.24) is 4.98 Å². The van der Waals surface area contributed by atoms with Crippen molar-refractivity contribution in [2.45, 2.75) is 27.0 Å². The van der Waals surface area contributed by atoms with E-state index in [9.17, 15) is 0 Å². The molecule has 0 bridgehead atoms. The maximum atomic E-state index is 8.29. The molecule has 0 N–H and O–H groups in total. The summed E-state index contributed by atoms with van der Waals surface area (Å²) in [5.41, 5.74) is 2.89. The highest BCUT2D eigenvalue weighted by Gasteiger charge is 2.24. The second kappa shape index (κ2) is 6.16. The number of aryl methyl sites for hydroxylation is 4. The molecule has 138 valence electrons. The zero-order chi connectivity index (χ0) is 26.2. The van der Waals surface area contributed by atoms with E-state index in [4.69, 9.17) is 15.4 Å². The fourth-order valence-corrected chi connectivity index (χ4v) is 3.96. The van der Waals surface area contributed by atoms with Crippen LogP contribution in [0.5, 0.6) is 0 Å². The van der Waals surface area contributed by atoms with Gasteiger partial charge in [-0.2, -0.15) is 0 Å². The molecule has 5 aromatic rings. The van der Waals surface area contributed by atoms with Gasteiger partial charge in [-0.05, 0) is 48.8 Å². The molecular formula is C25H23N2O+. The molecule has 0 saturated heterocycles. The predicted octanol–water partition coefficient (Wildman–Crippen LogP) is 5.80. The number of pyridine rings is 2. The maximum Gasteiger partial charge on any atom is 0.227 e. The summed E-state index contributed by atoms with van der Waals surface area (Å²) in [6.07, 6.45) is -0.920. The number of furan rings is 1. The van der Waals surface area contributed by atoms with Gasteiger partial charge in [0.2, 0.25) is 11.4 Å². The van der Waals surface area contributed by atoms with Gasteiger partial charge in [-0.3, -0.25) is 0 Å². The Hall–Kier alpha value is -3.20. The van der Waals surface area contributed by atoms with Gasteiger partial charge in [0.1, 0.15) is 12.6 Å². The van der Waals surface area contributed by atoms with E-state index in [1.54, 1.807) is 29.9 Å². The molecule has 3 nitrogen and oxygen atoms in total. The molecule has 0 aliphatic rings. The summed E-state index contributed by atoms with van der Waals surface area (Å²) in [7, 11) is 1.80. The smallest absolute Gasteiger partial charge is 0.227 e. The first-order chi connectivity index (χ1) is 16.7. The minimum absolute atomic E-state index is 0.0342. The molecule has 0 unspecified atom stereocenters. The zero-order valence-corrected chi connectivity index (χ0v) is 15.5. The summed E-state index contributed by atoms with van der Waals surface area (Å²) >= 11 is 0. The standard InChI is InChI=1S/C25H23N2O/c1-5-17-12-13-27(4)21(14-17)22-16(3)18-8-6-7-9-19(18)24-23(22)20-11-10-15(2)26-25(20)28-24/h6-14H,5H2,1-4H3/q+1/i1D3,2D3,5D2. The average molecular weight is 376 g/mol. The van der Waals surface area contributed by atoms with Crippen LogP contribution in [0.3, 0.4) is 0 Å². The predicted molar refractivity (Wildman–Crippen MR) is 114 cm³/mol. The Morgan fingerprint density at radius 3 is 2.79 bits per heavy atom. The minimum Gasteiger partial charge on any atom is -0.437 e. The third-order valence-corrected chi connectivity index (χ3v) is 5.31. The van der Waals surface area contributed by atoms with Crippen molar-refractivity contribution in [3.8, 4) is 11.3 Å². The van der Waals surface area contributed by atoms with Gasteiger partial charge >= 0.3 is 0 Å². The van der Waals surface area contributed by atoms with Crippen LogP contribution >= 0.6 is 0 Å². The molecule has 0 atom stereocenters. The highest BCUT2D eigenvalue weighted by molar-refractivity contribution is 6.21. The Balaban J connectivity index is 1.93. The van der Waals surface area contributed by atoms with Crippen molar-refractivity contribution in [2.75, 3.05) is 0 Å². The molecule has 0 radical (unpaired) electrons. The summed E-state index contributed by atoms with van der Waals surface area (Å²) < 4.78 is 70.9. The molecule has 0 saturated carbocycles. The number of fused-ring (bicyclic) bond motifs is 5. The molecule has 0 aliphatic carbocycles. The number of nitrogens with zero attached hydrogens (tertiary/aromatic N) is 2. The van der Waals surface area contributed by atoms with Gasteiger partial charge in [-0.1, -0.05) is 31.1 Å². The number of aromatic nitrogens is 2. The normalized spacial score (nSPS) is 17.4. The van der Waals surface area contributed by atoms with Crippen LogP contribution in [0.25, 0.3) is 44.1 Å². The van der Waals surface area contributed by atoms with E-state index < -0.39 is 20.1 Å². The zero-order valence-electron chi connectivity index (χ0n) is 23.5. The lowest BCUT2D eigenvalue weighted by atomic mass is 9.92. The van der Waals surface area contributed by atoms with Crippen molar-refractivity contribution in [3.05, 3.63) is 71.5 Å². The molecule has 3 heteroatoms. The molecule has 3 aromatic heterocycles. The van der Waals surface area contributed by atoms with E-state index in [1.807, 2.05) is 31.2 Å². The van der Waals surface area contributed by atoms with E-state index in [0.29, 0.717) is 22.0 Å². The van der Waals surface area contributed by atoms with Crippen LogP contribution in [-0.2, 0) is 13.4 Å². The highest BCUT2D eigenvalue weighted by atomic mass is 16.3. The van der Waals surface area contributed by atoms with Crippen LogP contribution in [0.1, 0.15) is 34.6 Å². The Bertz CT molecular complexity index is 1670. The summed E-state index contributed by atoms with van der Waals surface area (Å²) in [6, 6.07) is 13.8. The van der Waals surface area contributed by atoms with Gasteiger partial charge in [0, 0.05) is 45.0 Å². The largest absolute Gasteiger partial charge is 0.437 e. The van der Waals surface area contributed by atoms with Crippen LogP contribution in [-0.4, -0.2) is 4.98 Å². The molecule has 0 spiro atoms. The average Bonchev–Trinajstić information content (AvgIpc) is 3.18. The lowest BCUT2D eigenvalue weighted by Gasteiger charge is -2.11. The van der Waals surface area contributed by atoms with Crippen molar-refractivity contribution >= 4 is 32.8 Å². The molecule has 0 fully saturated rings. The van der Waals surface area contributed by atoms with E-state index in [0.717, 1.165) is 21.9 Å². The van der Waals surface area contributed by atoms with Crippen molar-refractivity contribution < 1.29 is 20.0 Å². The second-order valence-corrected chi connectivity index (χ2v) is 6.94. The summed E-state index contributed by atoms with van der Waals surface area (Å²) in [6.45, 7) is -3.29. The minimum atomic E-state index is -2.85. The van der Waals surface area contributed by atoms with E-state index in [2.05, 4.69) is 4.98 Å². The molecule has 0 amide bonds. The Morgan fingerprint density at radius 1 is 1.11 bits per heavy atom. The van der Waals surface area contributed by atoms with E-state index in [1.165, 1.54) is 12.1 Å². The Morgan fingerprint density at radius 2 is 1.96 bits per heavy atom. The van der Waals surface area contributed by atoms with E-state index >= 15 is 0 Å². The number of rotatable bonds is 2. The third-order valence-electron chi connectivity index (χ3n) is 5.31. The molecule has 2 aromatic carbocycles. The quantitative estimate of drug-likeness (QED) is 0.365. The van der Waals surface area contributed by atoms with Gasteiger partial charge in [0.15, 0.2) is 6.20 Å². The fraction of sp³-hybridized carbons (Fsp3) is 0.200. The first-order valence-corrected chi connectivity index (χ1v) is 8.97. The van der Waals surface area contributed by atoms with Crippen molar-refractivity contribution in [1.29, 1.82) is 0 Å². The highest BCUT2D eigenvalue weighted by Crippen LogP contribution is 2.42. The van der Waals surface area contributed by atoms with Crippen LogP contribution in [0.2, 0.25) is 0 Å². The van der Waals surface area contributed by atoms with Gasteiger partial charge in [0.05, 0.1) is 5.56 Å².